The maximum absolute atomic E-state index is 12.3. The van der Waals surface area contributed by atoms with E-state index >= 15 is 0 Å². The summed E-state index contributed by atoms with van der Waals surface area (Å²) in [6.07, 6.45) is 1.53. The molecule has 0 aromatic heterocycles. The Hall–Kier alpha value is -2.10. The first-order chi connectivity index (χ1) is 11.5. The molecular weight excluding hydrogens is 436 g/mol. The SMILES string of the molecule is CCOc1ccc(/C=C(\C#N)C(=O)Nc2ccccc2Br)cc1Br. The first kappa shape index (κ1) is 18.2. The van der Waals surface area contributed by atoms with E-state index in [1.807, 2.05) is 25.1 Å². The number of rotatable bonds is 5. The van der Waals surface area contributed by atoms with Crippen LogP contribution in [0.5, 0.6) is 5.75 Å². The zero-order chi connectivity index (χ0) is 17.5. The maximum atomic E-state index is 12.3. The van der Waals surface area contributed by atoms with Gasteiger partial charge in [-0.3, -0.25) is 4.79 Å². The Bertz CT molecular complexity index is 826. The molecule has 122 valence electrons. The number of nitriles is 1. The van der Waals surface area contributed by atoms with E-state index < -0.39 is 5.91 Å². The second kappa shape index (κ2) is 8.67. The molecule has 0 heterocycles. The van der Waals surface area contributed by atoms with Crippen molar-refractivity contribution in [3.63, 3.8) is 0 Å². The van der Waals surface area contributed by atoms with Crippen LogP contribution in [0.1, 0.15) is 12.5 Å². The third kappa shape index (κ3) is 4.70. The van der Waals surface area contributed by atoms with E-state index in [2.05, 4.69) is 37.2 Å². The lowest BCUT2D eigenvalue weighted by atomic mass is 10.1. The third-order valence-corrected chi connectivity index (χ3v) is 4.37. The van der Waals surface area contributed by atoms with Crippen molar-refractivity contribution in [2.75, 3.05) is 11.9 Å². The second-order valence-corrected chi connectivity index (χ2v) is 6.44. The van der Waals surface area contributed by atoms with Crippen LogP contribution in [-0.2, 0) is 4.79 Å². The molecule has 2 rings (SSSR count). The lowest BCUT2D eigenvalue weighted by molar-refractivity contribution is -0.112. The highest BCUT2D eigenvalue weighted by atomic mass is 79.9. The number of halogens is 2. The van der Waals surface area contributed by atoms with Crippen LogP contribution < -0.4 is 10.1 Å². The van der Waals surface area contributed by atoms with Crippen LogP contribution in [-0.4, -0.2) is 12.5 Å². The first-order valence-electron chi connectivity index (χ1n) is 7.15. The zero-order valence-corrected chi connectivity index (χ0v) is 16.0. The predicted octanol–water partition coefficient (Wildman–Crippen LogP) is 5.16. The average molecular weight is 450 g/mol. The predicted molar refractivity (Wildman–Crippen MR) is 102 cm³/mol. The van der Waals surface area contributed by atoms with Crippen LogP contribution >= 0.6 is 31.9 Å². The van der Waals surface area contributed by atoms with Crippen LogP contribution in [0.3, 0.4) is 0 Å². The Morgan fingerprint density at radius 3 is 2.62 bits per heavy atom. The maximum Gasteiger partial charge on any atom is 0.266 e. The lowest BCUT2D eigenvalue weighted by Crippen LogP contribution is -2.13. The number of carbonyl (C=O) groups is 1. The van der Waals surface area contributed by atoms with Crippen LogP contribution in [0.25, 0.3) is 6.08 Å². The van der Waals surface area contributed by atoms with Gasteiger partial charge in [0.25, 0.3) is 5.91 Å². The summed E-state index contributed by atoms with van der Waals surface area (Å²) in [5.41, 5.74) is 1.35. The van der Waals surface area contributed by atoms with Gasteiger partial charge in [0.1, 0.15) is 17.4 Å². The molecule has 0 aliphatic carbocycles. The van der Waals surface area contributed by atoms with E-state index in [1.54, 1.807) is 30.3 Å². The van der Waals surface area contributed by atoms with E-state index in [-0.39, 0.29) is 5.57 Å². The molecule has 2 aromatic rings. The molecule has 0 aliphatic rings. The van der Waals surface area contributed by atoms with Crippen molar-refractivity contribution in [3.8, 4) is 11.8 Å². The summed E-state index contributed by atoms with van der Waals surface area (Å²) in [5.74, 6) is 0.250. The summed E-state index contributed by atoms with van der Waals surface area (Å²) in [7, 11) is 0. The number of para-hydroxylation sites is 1. The molecule has 0 saturated heterocycles. The fourth-order valence-corrected chi connectivity index (χ4v) is 2.84. The Kier molecular flexibility index (Phi) is 6.59. The van der Waals surface area contributed by atoms with Crippen molar-refractivity contribution in [3.05, 3.63) is 62.5 Å². The molecule has 0 fully saturated rings. The topological polar surface area (TPSA) is 62.1 Å². The number of ether oxygens (including phenoxy) is 1. The van der Waals surface area contributed by atoms with Gasteiger partial charge >= 0.3 is 0 Å². The molecule has 2 aromatic carbocycles. The van der Waals surface area contributed by atoms with Crippen LogP contribution in [0.2, 0.25) is 0 Å². The highest BCUT2D eigenvalue weighted by Gasteiger charge is 2.11. The van der Waals surface area contributed by atoms with Crippen molar-refractivity contribution in [1.29, 1.82) is 5.26 Å². The van der Waals surface area contributed by atoms with Crippen molar-refractivity contribution < 1.29 is 9.53 Å². The smallest absolute Gasteiger partial charge is 0.266 e. The Morgan fingerprint density at radius 1 is 1.25 bits per heavy atom. The number of carbonyl (C=O) groups excluding carboxylic acids is 1. The van der Waals surface area contributed by atoms with Gasteiger partial charge in [0.15, 0.2) is 0 Å². The minimum Gasteiger partial charge on any atom is -0.493 e. The number of nitrogens with one attached hydrogen (secondary N) is 1. The quantitative estimate of drug-likeness (QED) is 0.506. The molecule has 0 atom stereocenters. The lowest BCUT2D eigenvalue weighted by Gasteiger charge is -2.08. The summed E-state index contributed by atoms with van der Waals surface area (Å²) in [6.45, 7) is 2.46. The van der Waals surface area contributed by atoms with Gasteiger partial charge in [-0.1, -0.05) is 18.2 Å². The van der Waals surface area contributed by atoms with Gasteiger partial charge in [0.05, 0.1) is 16.8 Å². The normalized spacial score (nSPS) is 10.8. The number of anilines is 1. The number of nitrogens with zero attached hydrogens (tertiary/aromatic N) is 1. The fraction of sp³-hybridized carbons (Fsp3) is 0.111. The molecule has 0 saturated carbocycles. The highest BCUT2D eigenvalue weighted by molar-refractivity contribution is 9.11. The van der Waals surface area contributed by atoms with E-state index in [9.17, 15) is 10.1 Å². The van der Waals surface area contributed by atoms with Crippen molar-refractivity contribution >= 4 is 49.5 Å². The highest BCUT2D eigenvalue weighted by Crippen LogP contribution is 2.27. The van der Waals surface area contributed by atoms with E-state index in [0.717, 1.165) is 14.5 Å². The van der Waals surface area contributed by atoms with Gasteiger partial charge in [-0.2, -0.15) is 5.26 Å². The third-order valence-electron chi connectivity index (χ3n) is 3.05. The minimum atomic E-state index is -0.464. The molecule has 1 N–H and O–H groups in total. The van der Waals surface area contributed by atoms with Gasteiger partial charge in [-0.15, -0.1) is 0 Å². The van der Waals surface area contributed by atoms with Gasteiger partial charge in [0.2, 0.25) is 0 Å². The summed E-state index contributed by atoms with van der Waals surface area (Å²) < 4.78 is 6.96. The largest absolute Gasteiger partial charge is 0.493 e. The molecular formula is C18H14Br2N2O2. The molecule has 0 aliphatic heterocycles. The first-order valence-corrected chi connectivity index (χ1v) is 8.73. The number of hydrogen-bond acceptors (Lipinski definition) is 3. The zero-order valence-electron chi connectivity index (χ0n) is 12.8. The van der Waals surface area contributed by atoms with E-state index in [0.29, 0.717) is 18.0 Å². The van der Waals surface area contributed by atoms with Crippen LogP contribution in [0.15, 0.2) is 57.0 Å². The second-order valence-electron chi connectivity index (χ2n) is 4.73. The Labute approximate surface area is 157 Å². The van der Waals surface area contributed by atoms with E-state index in [1.165, 1.54) is 6.08 Å². The van der Waals surface area contributed by atoms with Crippen molar-refractivity contribution in [2.24, 2.45) is 0 Å². The van der Waals surface area contributed by atoms with Crippen molar-refractivity contribution in [2.45, 2.75) is 6.92 Å². The molecule has 0 radical (unpaired) electrons. The molecule has 1 amide bonds. The minimum absolute atomic E-state index is 0.0156. The molecule has 6 heteroatoms. The molecule has 24 heavy (non-hydrogen) atoms. The van der Waals surface area contributed by atoms with Gasteiger partial charge < -0.3 is 10.1 Å². The number of hydrogen-bond donors (Lipinski definition) is 1. The summed E-state index contributed by atoms with van der Waals surface area (Å²) in [5, 5.41) is 12.0. The molecule has 4 nitrogen and oxygen atoms in total. The number of amides is 1. The number of benzene rings is 2. The Morgan fingerprint density at radius 2 is 2.00 bits per heavy atom. The van der Waals surface area contributed by atoms with Gasteiger partial charge in [0, 0.05) is 4.47 Å². The fourth-order valence-electron chi connectivity index (χ4n) is 1.95. The summed E-state index contributed by atoms with van der Waals surface area (Å²) in [6, 6.07) is 14.5. The van der Waals surface area contributed by atoms with Crippen molar-refractivity contribution in [1.82, 2.24) is 0 Å². The molecule has 0 unspecified atom stereocenters. The summed E-state index contributed by atoms with van der Waals surface area (Å²) in [4.78, 5) is 12.3. The molecule has 0 bridgehead atoms. The van der Waals surface area contributed by atoms with Gasteiger partial charge in [-0.05, 0) is 74.7 Å². The van der Waals surface area contributed by atoms with Crippen LogP contribution in [0.4, 0.5) is 5.69 Å². The average Bonchev–Trinajstić information content (AvgIpc) is 2.57. The summed E-state index contributed by atoms with van der Waals surface area (Å²) >= 11 is 6.77. The standard InChI is InChI=1S/C18H14Br2N2O2/c1-2-24-17-8-7-12(10-15(17)20)9-13(11-21)18(23)22-16-6-4-3-5-14(16)19/h3-10H,2H2,1H3,(H,22,23)/b13-9+. The Balaban J connectivity index is 2.23. The van der Waals surface area contributed by atoms with Gasteiger partial charge in [-0.25, -0.2) is 0 Å². The molecule has 0 spiro atoms. The monoisotopic (exact) mass is 448 g/mol. The van der Waals surface area contributed by atoms with E-state index in [4.69, 9.17) is 4.74 Å². The van der Waals surface area contributed by atoms with Crippen LogP contribution in [0, 0.1) is 11.3 Å².